The van der Waals surface area contributed by atoms with Crippen molar-refractivity contribution < 1.29 is 31.9 Å². The number of benzene rings is 2. The summed E-state index contributed by atoms with van der Waals surface area (Å²) < 4.78 is 59.0. The highest BCUT2D eigenvalue weighted by atomic mass is 28.4. The third kappa shape index (κ3) is 6.94. The lowest BCUT2D eigenvalue weighted by molar-refractivity contribution is 0.102. The number of rotatable bonds is 10. The van der Waals surface area contributed by atoms with Crippen LogP contribution in [0.2, 0.25) is 18.1 Å². The topological polar surface area (TPSA) is 93.7 Å². The number of unbranched alkanes of at least 4 members (excludes halogenated alkanes) is 1. The van der Waals surface area contributed by atoms with Crippen molar-refractivity contribution in [1.29, 1.82) is 0 Å². The molecule has 1 amide bonds. The van der Waals surface area contributed by atoms with E-state index in [0.717, 1.165) is 18.9 Å². The number of nitrogens with zero attached hydrogens (tertiary/aromatic N) is 1. The third-order valence-electron chi connectivity index (χ3n) is 7.32. The smallest absolute Gasteiger partial charge is 0.257 e. The summed E-state index contributed by atoms with van der Waals surface area (Å²) in [5.41, 5.74) is 1.57. The second-order valence-corrected chi connectivity index (χ2v) is 16.1. The van der Waals surface area contributed by atoms with Crippen molar-refractivity contribution in [2.75, 3.05) is 36.3 Å². The Kier molecular flexibility index (Phi) is 8.83. The van der Waals surface area contributed by atoms with Crippen molar-refractivity contribution in [1.82, 2.24) is 4.98 Å². The Morgan fingerprint density at radius 1 is 0.927 bits per heavy atom. The average molecular weight is 589 g/mol. The number of fused-ring (bicyclic) bond motifs is 2. The van der Waals surface area contributed by atoms with Crippen molar-refractivity contribution >= 4 is 42.7 Å². The van der Waals surface area contributed by atoms with Crippen LogP contribution in [-0.2, 0) is 4.43 Å². The molecule has 1 aromatic heterocycles. The molecule has 0 aliphatic carbocycles. The molecule has 3 N–H and O–H groups in total. The Morgan fingerprint density at radius 3 is 2.32 bits per heavy atom. The van der Waals surface area contributed by atoms with Gasteiger partial charge in [0.25, 0.3) is 11.9 Å². The van der Waals surface area contributed by atoms with Gasteiger partial charge in [-0.15, -0.1) is 0 Å². The molecule has 0 atom stereocenters. The number of hydrogen-bond acceptors (Lipinski definition) is 7. The van der Waals surface area contributed by atoms with Crippen molar-refractivity contribution in [3.05, 3.63) is 59.7 Å². The molecule has 0 radical (unpaired) electrons. The van der Waals surface area contributed by atoms with Crippen LogP contribution in [0.1, 0.15) is 44.0 Å². The van der Waals surface area contributed by atoms with Crippen LogP contribution in [0.4, 0.5) is 41.6 Å². The summed E-state index contributed by atoms with van der Waals surface area (Å²) in [6, 6.07) is 8.68. The van der Waals surface area contributed by atoms with Gasteiger partial charge in [-0.1, -0.05) is 20.8 Å². The zero-order valence-corrected chi connectivity index (χ0v) is 25.0. The maximum Gasteiger partial charge on any atom is 0.257 e. The maximum absolute atomic E-state index is 14.1. The zero-order valence-electron chi connectivity index (χ0n) is 24.0. The quantitative estimate of drug-likeness (QED) is 0.127. The summed E-state index contributed by atoms with van der Waals surface area (Å²) >= 11 is 0. The Hall–Kier alpha value is -3.77. The third-order valence-corrected chi connectivity index (χ3v) is 11.9. The van der Waals surface area contributed by atoms with Gasteiger partial charge in [0.15, 0.2) is 19.8 Å². The molecule has 2 aromatic carbocycles. The molecule has 2 heterocycles. The van der Waals surface area contributed by atoms with E-state index in [4.69, 9.17) is 13.9 Å². The molecule has 0 bridgehead atoms. The van der Waals surface area contributed by atoms with E-state index in [1.807, 2.05) is 0 Å². The van der Waals surface area contributed by atoms with Gasteiger partial charge in [0.1, 0.15) is 0 Å². The molecule has 41 heavy (non-hydrogen) atoms. The minimum Gasteiger partial charge on any atom is -0.493 e. The van der Waals surface area contributed by atoms with Gasteiger partial charge in [-0.25, -0.2) is 0 Å². The van der Waals surface area contributed by atoms with Gasteiger partial charge < -0.3 is 29.9 Å². The predicted octanol–water partition coefficient (Wildman–Crippen LogP) is 7.74. The van der Waals surface area contributed by atoms with Crippen LogP contribution in [0.25, 0.3) is 0 Å². The van der Waals surface area contributed by atoms with Crippen LogP contribution in [0, 0.1) is 17.7 Å². The van der Waals surface area contributed by atoms with E-state index >= 15 is 0 Å². The van der Waals surface area contributed by atoms with Crippen molar-refractivity contribution in [3.8, 4) is 11.5 Å². The average Bonchev–Trinajstić information content (AvgIpc) is 3.02. The number of methoxy groups -OCH3 is 1. The molecule has 1 aliphatic heterocycles. The first kappa shape index (κ1) is 30.2. The van der Waals surface area contributed by atoms with E-state index in [-0.39, 0.29) is 10.9 Å². The number of aromatic nitrogens is 1. The lowest BCUT2D eigenvalue weighted by Gasteiger charge is -2.36. The van der Waals surface area contributed by atoms with E-state index in [1.54, 1.807) is 12.1 Å². The maximum atomic E-state index is 14.1. The molecule has 0 saturated heterocycles. The Balaban J connectivity index is 1.48. The van der Waals surface area contributed by atoms with Gasteiger partial charge in [-0.2, -0.15) is 18.2 Å². The Bertz CT molecular complexity index is 1450. The molecule has 3 aromatic rings. The van der Waals surface area contributed by atoms with E-state index in [0.29, 0.717) is 53.0 Å². The zero-order chi connectivity index (χ0) is 29.9. The Morgan fingerprint density at radius 2 is 1.61 bits per heavy atom. The fourth-order valence-electron chi connectivity index (χ4n) is 3.94. The van der Waals surface area contributed by atoms with Crippen molar-refractivity contribution in [2.24, 2.45) is 0 Å². The first-order valence-corrected chi connectivity index (χ1v) is 16.2. The summed E-state index contributed by atoms with van der Waals surface area (Å²) in [5.74, 6) is -3.49. The summed E-state index contributed by atoms with van der Waals surface area (Å²) in [7, 11) is -0.279. The molecular weight excluding hydrogens is 553 g/mol. The van der Waals surface area contributed by atoms with E-state index in [9.17, 15) is 18.0 Å². The monoisotopic (exact) mass is 588 g/mol. The van der Waals surface area contributed by atoms with Crippen molar-refractivity contribution in [3.63, 3.8) is 0 Å². The van der Waals surface area contributed by atoms with E-state index < -0.39 is 31.7 Å². The van der Waals surface area contributed by atoms with Gasteiger partial charge in [0.05, 0.1) is 42.0 Å². The lowest BCUT2D eigenvalue weighted by Crippen LogP contribution is -2.41. The fourth-order valence-corrected chi connectivity index (χ4v) is 5.03. The van der Waals surface area contributed by atoms with Gasteiger partial charge in [-0.3, -0.25) is 4.79 Å². The lowest BCUT2D eigenvalue weighted by atomic mass is 10.1. The van der Waals surface area contributed by atoms with Gasteiger partial charge in [-0.05, 0) is 49.2 Å². The normalized spacial score (nSPS) is 13.0. The number of amides is 1. The molecule has 12 heteroatoms. The molecule has 0 fully saturated rings. The van der Waals surface area contributed by atoms with Crippen LogP contribution in [0.3, 0.4) is 0 Å². The highest BCUT2D eigenvalue weighted by molar-refractivity contribution is 6.74. The van der Waals surface area contributed by atoms with Crippen LogP contribution in [-0.4, -0.2) is 39.5 Å². The summed E-state index contributed by atoms with van der Waals surface area (Å²) in [6.07, 6.45) is 1.63. The van der Waals surface area contributed by atoms with Crippen molar-refractivity contribution in [2.45, 2.75) is 51.7 Å². The first-order chi connectivity index (χ1) is 19.3. The molecular formula is C29H35F3N4O4Si. The number of anilines is 5. The van der Waals surface area contributed by atoms with Crippen LogP contribution < -0.4 is 25.4 Å². The fraction of sp³-hybridized carbons (Fsp3) is 0.379. The molecule has 0 unspecified atom stereocenters. The number of halogens is 3. The predicted molar refractivity (Wildman–Crippen MR) is 156 cm³/mol. The molecule has 220 valence electrons. The largest absolute Gasteiger partial charge is 0.493 e. The number of carbonyl (C=O) groups is 1. The minimum atomic E-state index is -1.80. The number of pyridine rings is 1. The summed E-state index contributed by atoms with van der Waals surface area (Å²) in [4.78, 5) is 15.8. The number of carbonyl (C=O) groups excluding carboxylic acids is 1. The van der Waals surface area contributed by atoms with Gasteiger partial charge in [0, 0.05) is 30.5 Å². The highest BCUT2D eigenvalue weighted by Gasteiger charge is 2.36. The van der Waals surface area contributed by atoms with Crippen LogP contribution in [0.5, 0.6) is 11.5 Å². The number of hydrogen-bond donors (Lipinski definition) is 3. The standard InChI is InChI=1S/C29H35F3N4O4Si/c1-29(2,3)41(5,6)40-12-8-7-11-39-24-15-20-21(14-23(24)38-4)35-28(37)18-10-9-17(13-19(18)34-20)33-22-16-25(30)36-27(32)26(22)31/h9-10,13-16,34H,7-8,11-12H2,1-6H3,(H,33,36)(H,35,37). The second kappa shape index (κ2) is 12.0. The van der Waals surface area contributed by atoms with Crippen LogP contribution >= 0.6 is 0 Å². The summed E-state index contributed by atoms with van der Waals surface area (Å²) in [5, 5.41) is 8.84. The molecule has 0 spiro atoms. The minimum absolute atomic E-state index is 0.154. The second-order valence-electron chi connectivity index (χ2n) is 11.3. The highest BCUT2D eigenvalue weighted by Crippen LogP contribution is 2.41. The SMILES string of the molecule is COc1cc2c(cc1OCCCCO[Si](C)(C)C(C)(C)C)Nc1cc(Nc3cc(F)nc(F)c3F)ccc1C(=O)N2. The number of nitrogens with one attached hydrogen (secondary N) is 3. The summed E-state index contributed by atoms with van der Waals surface area (Å²) in [6.45, 7) is 12.2. The Labute approximate surface area is 238 Å². The molecule has 4 rings (SSSR count). The number of ether oxygens (including phenoxy) is 2. The van der Waals surface area contributed by atoms with E-state index in [1.165, 1.54) is 25.3 Å². The first-order valence-electron chi connectivity index (χ1n) is 13.3. The molecule has 1 aliphatic rings. The molecule has 8 nitrogen and oxygen atoms in total. The van der Waals surface area contributed by atoms with E-state index in [2.05, 4.69) is 54.8 Å². The van der Waals surface area contributed by atoms with Crippen LogP contribution in [0.15, 0.2) is 36.4 Å². The van der Waals surface area contributed by atoms with Gasteiger partial charge >= 0.3 is 0 Å². The molecule has 0 saturated carbocycles. The van der Waals surface area contributed by atoms with Gasteiger partial charge in [0.2, 0.25) is 11.8 Å².